The second-order valence-corrected chi connectivity index (χ2v) is 7.56. The van der Waals surface area contributed by atoms with Crippen LogP contribution in [-0.4, -0.2) is 26.4 Å². The topological polar surface area (TPSA) is 54.4 Å². The predicted molar refractivity (Wildman–Crippen MR) is 81.2 cm³/mol. The van der Waals surface area contributed by atoms with Crippen molar-refractivity contribution in [1.82, 2.24) is 0 Å². The Morgan fingerprint density at radius 3 is 2.30 bits per heavy atom. The second kappa shape index (κ2) is 6.55. The highest BCUT2D eigenvalue weighted by Crippen LogP contribution is 2.28. The molecule has 1 aliphatic rings. The maximum absolute atomic E-state index is 11.4. The summed E-state index contributed by atoms with van der Waals surface area (Å²) >= 11 is 0. The van der Waals surface area contributed by atoms with Crippen LogP contribution in [0.25, 0.3) is 5.57 Å². The lowest BCUT2D eigenvalue weighted by molar-refractivity contribution is 0.347. The maximum Gasteiger partial charge on any atom is 0.175 e. The highest BCUT2D eigenvalue weighted by Gasteiger charge is 2.13. The summed E-state index contributed by atoms with van der Waals surface area (Å²) in [6.07, 6.45) is 9.55. The van der Waals surface area contributed by atoms with Crippen LogP contribution in [-0.2, 0) is 9.84 Å². The van der Waals surface area contributed by atoms with E-state index < -0.39 is 9.84 Å². The molecule has 0 saturated heterocycles. The van der Waals surface area contributed by atoms with Crippen LogP contribution in [0.5, 0.6) is 0 Å². The average molecular weight is 294 g/mol. The highest BCUT2D eigenvalue weighted by atomic mass is 32.2. The van der Waals surface area contributed by atoms with E-state index in [1.807, 2.05) is 0 Å². The molecule has 0 radical (unpaired) electrons. The van der Waals surface area contributed by atoms with Gasteiger partial charge in [0.25, 0.3) is 0 Å². The van der Waals surface area contributed by atoms with Gasteiger partial charge in [-0.25, -0.2) is 8.42 Å². The van der Waals surface area contributed by atoms with E-state index in [9.17, 15) is 13.5 Å². The van der Waals surface area contributed by atoms with Crippen molar-refractivity contribution < 1.29 is 13.5 Å². The van der Waals surface area contributed by atoms with Gasteiger partial charge in [-0.05, 0) is 42.0 Å². The summed E-state index contributed by atoms with van der Waals surface area (Å²) < 4.78 is 22.9. The minimum atomic E-state index is -3.16. The Hall–Kier alpha value is -1.13. The summed E-state index contributed by atoms with van der Waals surface area (Å²) in [6.45, 7) is -0.00524. The van der Waals surface area contributed by atoms with Crippen LogP contribution in [0.2, 0.25) is 0 Å². The van der Waals surface area contributed by atoms with Crippen LogP contribution in [0.15, 0.2) is 35.2 Å². The molecule has 1 fully saturated rings. The summed E-state index contributed by atoms with van der Waals surface area (Å²) in [6, 6.07) is 6.77. The third-order valence-electron chi connectivity index (χ3n) is 3.91. The third-order valence-corrected chi connectivity index (χ3v) is 5.04. The lowest BCUT2D eigenvalue weighted by atomic mass is 9.87. The van der Waals surface area contributed by atoms with Crippen molar-refractivity contribution in [3.63, 3.8) is 0 Å². The highest BCUT2D eigenvalue weighted by molar-refractivity contribution is 7.90. The minimum absolute atomic E-state index is 0.00524. The summed E-state index contributed by atoms with van der Waals surface area (Å²) in [5, 5.41) is 9.55. The number of sulfone groups is 1. The fourth-order valence-corrected chi connectivity index (χ4v) is 3.37. The number of hydrogen-bond acceptors (Lipinski definition) is 3. The molecule has 1 saturated carbocycles. The van der Waals surface area contributed by atoms with E-state index in [0.717, 1.165) is 11.1 Å². The molecule has 1 aliphatic carbocycles. The van der Waals surface area contributed by atoms with Crippen LogP contribution in [0.4, 0.5) is 0 Å². The van der Waals surface area contributed by atoms with Gasteiger partial charge in [0.2, 0.25) is 0 Å². The van der Waals surface area contributed by atoms with Gasteiger partial charge in [0.15, 0.2) is 9.84 Å². The van der Waals surface area contributed by atoms with Crippen LogP contribution < -0.4 is 0 Å². The smallest absolute Gasteiger partial charge is 0.175 e. The van der Waals surface area contributed by atoms with E-state index in [0.29, 0.717) is 10.8 Å². The zero-order valence-corrected chi connectivity index (χ0v) is 12.7. The Morgan fingerprint density at radius 2 is 1.80 bits per heavy atom. The Bertz CT molecular complexity index is 564. The summed E-state index contributed by atoms with van der Waals surface area (Å²) in [5.74, 6) is 0.542. The van der Waals surface area contributed by atoms with Crippen LogP contribution in [0, 0.1) is 5.92 Å². The zero-order valence-electron chi connectivity index (χ0n) is 11.9. The molecule has 0 heterocycles. The van der Waals surface area contributed by atoms with Crippen LogP contribution in [0.3, 0.4) is 0 Å². The quantitative estimate of drug-likeness (QED) is 0.928. The van der Waals surface area contributed by atoms with E-state index in [1.54, 1.807) is 24.3 Å². The van der Waals surface area contributed by atoms with Crippen molar-refractivity contribution in [2.75, 3.05) is 12.9 Å². The van der Waals surface area contributed by atoms with E-state index in [4.69, 9.17) is 0 Å². The van der Waals surface area contributed by atoms with Gasteiger partial charge in [0.05, 0.1) is 11.5 Å². The predicted octanol–water partition coefficient (Wildman–Crippen LogP) is 3.05. The van der Waals surface area contributed by atoms with Crippen molar-refractivity contribution in [2.45, 2.75) is 37.0 Å². The average Bonchev–Trinajstić information content (AvgIpc) is 2.45. The Balaban J connectivity index is 2.21. The second-order valence-electron chi connectivity index (χ2n) is 5.54. The minimum Gasteiger partial charge on any atom is -0.392 e. The van der Waals surface area contributed by atoms with Gasteiger partial charge in [-0.15, -0.1) is 0 Å². The summed E-state index contributed by atoms with van der Waals surface area (Å²) in [5.41, 5.74) is 1.81. The zero-order chi connectivity index (χ0) is 14.6. The fraction of sp³-hybridized carbons (Fsp3) is 0.500. The third kappa shape index (κ3) is 3.93. The van der Waals surface area contributed by atoms with Gasteiger partial charge in [-0.3, -0.25) is 0 Å². The van der Waals surface area contributed by atoms with Crippen molar-refractivity contribution in [2.24, 2.45) is 5.92 Å². The first-order valence-corrected chi connectivity index (χ1v) is 9.02. The van der Waals surface area contributed by atoms with Gasteiger partial charge in [-0.2, -0.15) is 0 Å². The fourth-order valence-electron chi connectivity index (χ4n) is 2.74. The number of benzene rings is 1. The van der Waals surface area contributed by atoms with Crippen molar-refractivity contribution >= 4 is 15.4 Å². The van der Waals surface area contributed by atoms with Gasteiger partial charge < -0.3 is 5.11 Å². The normalized spacial score (nSPS) is 18.2. The Labute approximate surface area is 121 Å². The number of aliphatic hydroxyl groups excluding tert-OH is 1. The maximum atomic E-state index is 11.4. The van der Waals surface area contributed by atoms with Crippen molar-refractivity contribution in [3.8, 4) is 0 Å². The lowest BCUT2D eigenvalue weighted by Crippen LogP contribution is -2.05. The molecular weight excluding hydrogens is 272 g/mol. The number of rotatable bonds is 4. The lowest BCUT2D eigenvalue weighted by Gasteiger charge is -2.19. The Morgan fingerprint density at radius 1 is 1.20 bits per heavy atom. The first-order valence-electron chi connectivity index (χ1n) is 7.13. The van der Waals surface area contributed by atoms with Crippen LogP contribution >= 0.6 is 0 Å². The standard InChI is InChI=1S/C16H22O3S/c1-20(18,19)16-9-7-14(8-10-16)15(12-17)11-13-5-3-2-4-6-13/h7-11,13,17H,2-6,12H2,1H3/b15-11+. The molecule has 0 aliphatic heterocycles. The molecule has 110 valence electrons. The molecule has 0 bridgehead atoms. The van der Waals surface area contributed by atoms with Crippen LogP contribution in [0.1, 0.15) is 37.7 Å². The largest absolute Gasteiger partial charge is 0.392 e. The molecule has 0 aromatic heterocycles. The van der Waals surface area contributed by atoms with E-state index >= 15 is 0 Å². The molecule has 4 heteroatoms. The first kappa shape index (κ1) is 15.3. The number of allylic oxidation sites excluding steroid dienone is 1. The summed E-state index contributed by atoms with van der Waals surface area (Å²) in [4.78, 5) is 0.316. The molecule has 1 aromatic carbocycles. The molecule has 0 unspecified atom stereocenters. The molecule has 1 N–H and O–H groups in total. The van der Waals surface area contributed by atoms with Gasteiger partial charge in [-0.1, -0.05) is 37.5 Å². The van der Waals surface area contributed by atoms with E-state index in [2.05, 4.69) is 6.08 Å². The molecule has 0 amide bonds. The van der Waals surface area contributed by atoms with Gasteiger partial charge in [0, 0.05) is 6.26 Å². The molecule has 0 atom stereocenters. The molecule has 0 spiro atoms. The van der Waals surface area contributed by atoms with Crippen molar-refractivity contribution in [1.29, 1.82) is 0 Å². The van der Waals surface area contributed by atoms with Gasteiger partial charge >= 0.3 is 0 Å². The SMILES string of the molecule is CS(=O)(=O)c1ccc(/C(=C/C2CCCCC2)CO)cc1. The first-order chi connectivity index (χ1) is 9.50. The number of hydrogen-bond donors (Lipinski definition) is 1. The molecule has 1 aromatic rings. The molecular formula is C16H22O3S. The molecule has 20 heavy (non-hydrogen) atoms. The summed E-state index contributed by atoms with van der Waals surface area (Å²) in [7, 11) is -3.16. The van der Waals surface area contributed by atoms with E-state index in [-0.39, 0.29) is 6.61 Å². The number of aliphatic hydroxyl groups is 1. The Kier molecular flexibility index (Phi) is 5.00. The van der Waals surface area contributed by atoms with E-state index in [1.165, 1.54) is 38.4 Å². The molecule has 3 nitrogen and oxygen atoms in total. The monoisotopic (exact) mass is 294 g/mol. The van der Waals surface area contributed by atoms with Gasteiger partial charge in [0.1, 0.15) is 0 Å². The molecule has 2 rings (SSSR count). The van der Waals surface area contributed by atoms with Crippen molar-refractivity contribution in [3.05, 3.63) is 35.9 Å².